The standard InChI is InChI=1S/C14H13ClN2O3/c1-19-11-4-2-3-10(7-11)17-14(18)9-20-12-5-6-13(15)16-8-12/h2-8H,9H2,1H3,(H,17,18). The van der Waals surface area contributed by atoms with Crippen molar-refractivity contribution in [2.75, 3.05) is 19.0 Å². The third kappa shape index (κ3) is 4.13. The van der Waals surface area contributed by atoms with E-state index in [-0.39, 0.29) is 12.5 Å². The van der Waals surface area contributed by atoms with Crippen LogP contribution in [0.4, 0.5) is 5.69 Å². The molecule has 0 aliphatic heterocycles. The number of anilines is 1. The molecule has 0 bridgehead atoms. The summed E-state index contributed by atoms with van der Waals surface area (Å²) < 4.78 is 10.4. The number of nitrogens with one attached hydrogen (secondary N) is 1. The molecule has 0 atom stereocenters. The van der Waals surface area contributed by atoms with Crippen molar-refractivity contribution in [1.82, 2.24) is 4.98 Å². The van der Waals surface area contributed by atoms with Crippen molar-refractivity contribution in [3.05, 3.63) is 47.7 Å². The number of halogens is 1. The van der Waals surface area contributed by atoms with E-state index in [1.807, 2.05) is 0 Å². The summed E-state index contributed by atoms with van der Waals surface area (Å²) in [6, 6.07) is 10.3. The van der Waals surface area contributed by atoms with Crippen LogP contribution < -0.4 is 14.8 Å². The highest BCUT2D eigenvalue weighted by molar-refractivity contribution is 6.29. The molecule has 0 spiro atoms. The van der Waals surface area contributed by atoms with Crippen molar-refractivity contribution in [1.29, 1.82) is 0 Å². The topological polar surface area (TPSA) is 60.5 Å². The first-order valence-electron chi connectivity index (χ1n) is 5.85. The molecule has 20 heavy (non-hydrogen) atoms. The SMILES string of the molecule is COc1cccc(NC(=O)COc2ccc(Cl)nc2)c1. The monoisotopic (exact) mass is 292 g/mol. The number of hydrogen-bond acceptors (Lipinski definition) is 4. The van der Waals surface area contributed by atoms with Gasteiger partial charge in [-0.05, 0) is 24.3 Å². The molecule has 2 aromatic rings. The quantitative estimate of drug-likeness (QED) is 0.861. The van der Waals surface area contributed by atoms with Gasteiger partial charge >= 0.3 is 0 Å². The summed E-state index contributed by atoms with van der Waals surface area (Å²) in [5, 5.41) is 3.08. The molecule has 104 valence electrons. The number of ether oxygens (including phenoxy) is 2. The summed E-state index contributed by atoms with van der Waals surface area (Å²) in [5.41, 5.74) is 0.646. The Morgan fingerprint density at radius 2 is 2.15 bits per heavy atom. The molecule has 0 unspecified atom stereocenters. The average Bonchev–Trinajstić information content (AvgIpc) is 2.47. The Hall–Kier alpha value is -2.27. The lowest BCUT2D eigenvalue weighted by atomic mass is 10.3. The van der Waals surface area contributed by atoms with Gasteiger partial charge in [0.05, 0.1) is 13.3 Å². The summed E-state index contributed by atoms with van der Waals surface area (Å²) >= 11 is 5.65. The van der Waals surface area contributed by atoms with Crippen molar-refractivity contribution in [2.45, 2.75) is 0 Å². The first-order valence-corrected chi connectivity index (χ1v) is 6.23. The van der Waals surface area contributed by atoms with Gasteiger partial charge < -0.3 is 14.8 Å². The number of hydrogen-bond donors (Lipinski definition) is 1. The van der Waals surface area contributed by atoms with Crippen LogP contribution in [-0.2, 0) is 4.79 Å². The van der Waals surface area contributed by atoms with E-state index in [2.05, 4.69) is 10.3 Å². The van der Waals surface area contributed by atoms with Gasteiger partial charge in [0, 0.05) is 11.8 Å². The molecular formula is C14H13ClN2O3. The molecule has 1 N–H and O–H groups in total. The van der Waals surface area contributed by atoms with Gasteiger partial charge in [-0.3, -0.25) is 4.79 Å². The van der Waals surface area contributed by atoms with E-state index in [1.54, 1.807) is 43.5 Å². The normalized spacial score (nSPS) is 9.90. The van der Waals surface area contributed by atoms with Gasteiger partial charge in [0.15, 0.2) is 6.61 Å². The van der Waals surface area contributed by atoms with Gasteiger partial charge in [0.25, 0.3) is 5.91 Å². The average molecular weight is 293 g/mol. The zero-order chi connectivity index (χ0) is 14.4. The second-order valence-corrected chi connectivity index (χ2v) is 4.27. The van der Waals surface area contributed by atoms with E-state index < -0.39 is 0 Å². The van der Waals surface area contributed by atoms with Crippen LogP contribution in [0.5, 0.6) is 11.5 Å². The van der Waals surface area contributed by atoms with Crippen LogP contribution in [0.15, 0.2) is 42.6 Å². The highest BCUT2D eigenvalue weighted by Gasteiger charge is 2.04. The minimum Gasteiger partial charge on any atom is -0.497 e. The van der Waals surface area contributed by atoms with E-state index in [0.29, 0.717) is 22.3 Å². The van der Waals surface area contributed by atoms with Crippen LogP contribution in [0.25, 0.3) is 0 Å². The Bertz CT molecular complexity index is 587. The number of carbonyl (C=O) groups excluding carboxylic acids is 1. The molecule has 0 fully saturated rings. The second-order valence-electron chi connectivity index (χ2n) is 3.89. The molecule has 2 rings (SSSR count). The van der Waals surface area contributed by atoms with Gasteiger partial charge in [-0.2, -0.15) is 0 Å². The van der Waals surface area contributed by atoms with Crippen LogP contribution in [0.2, 0.25) is 5.15 Å². The van der Waals surface area contributed by atoms with Gasteiger partial charge in [0.2, 0.25) is 0 Å². The molecule has 0 aliphatic carbocycles. The number of amides is 1. The fraction of sp³-hybridized carbons (Fsp3) is 0.143. The number of rotatable bonds is 5. The van der Waals surface area contributed by atoms with Crippen molar-refractivity contribution in [3.63, 3.8) is 0 Å². The van der Waals surface area contributed by atoms with Gasteiger partial charge in [-0.15, -0.1) is 0 Å². The predicted molar refractivity (Wildman–Crippen MR) is 76.4 cm³/mol. The zero-order valence-electron chi connectivity index (χ0n) is 10.8. The molecule has 0 radical (unpaired) electrons. The molecular weight excluding hydrogens is 280 g/mol. The molecule has 0 saturated heterocycles. The summed E-state index contributed by atoms with van der Waals surface area (Å²) in [7, 11) is 1.57. The van der Waals surface area contributed by atoms with Gasteiger partial charge in [0.1, 0.15) is 16.7 Å². The van der Waals surface area contributed by atoms with Crippen molar-refractivity contribution in [3.8, 4) is 11.5 Å². The smallest absolute Gasteiger partial charge is 0.262 e. The molecule has 1 amide bonds. The summed E-state index contributed by atoms with van der Waals surface area (Å²) in [6.45, 7) is -0.111. The highest BCUT2D eigenvalue weighted by Crippen LogP contribution is 2.17. The lowest BCUT2D eigenvalue weighted by molar-refractivity contribution is -0.118. The van der Waals surface area contributed by atoms with E-state index in [4.69, 9.17) is 21.1 Å². The first kappa shape index (κ1) is 14.1. The van der Waals surface area contributed by atoms with E-state index in [9.17, 15) is 4.79 Å². The molecule has 0 saturated carbocycles. The fourth-order valence-corrected chi connectivity index (χ4v) is 1.61. The van der Waals surface area contributed by atoms with E-state index >= 15 is 0 Å². The molecule has 1 aromatic heterocycles. The Morgan fingerprint density at radius 1 is 1.30 bits per heavy atom. The third-order valence-corrected chi connectivity index (χ3v) is 2.65. The lowest BCUT2D eigenvalue weighted by Crippen LogP contribution is -2.20. The second kappa shape index (κ2) is 6.77. The van der Waals surface area contributed by atoms with E-state index in [0.717, 1.165) is 0 Å². The van der Waals surface area contributed by atoms with Crippen LogP contribution in [0, 0.1) is 0 Å². The Morgan fingerprint density at radius 3 is 2.85 bits per heavy atom. The Kier molecular flexibility index (Phi) is 4.79. The largest absolute Gasteiger partial charge is 0.497 e. The number of benzene rings is 1. The number of carbonyl (C=O) groups is 1. The van der Waals surface area contributed by atoms with Gasteiger partial charge in [-0.1, -0.05) is 17.7 Å². The minimum atomic E-state index is -0.270. The third-order valence-electron chi connectivity index (χ3n) is 2.42. The molecule has 5 nitrogen and oxygen atoms in total. The predicted octanol–water partition coefficient (Wildman–Crippen LogP) is 2.76. The minimum absolute atomic E-state index is 0.111. The summed E-state index contributed by atoms with van der Waals surface area (Å²) in [5.74, 6) is 0.883. The van der Waals surface area contributed by atoms with Crippen LogP contribution >= 0.6 is 11.6 Å². The maximum Gasteiger partial charge on any atom is 0.262 e. The van der Waals surface area contributed by atoms with Crippen LogP contribution in [-0.4, -0.2) is 24.6 Å². The summed E-state index contributed by atoms with van der Waals surface area (Å²) in [4.78, 5) is 15.6. The number of pyridine rings is 1. The van der Waals surface area contributed by atoms with Crippen molar-refractivity contribution < 1.29 is 14.3 Å². The lowest BCUT2D eigenvalue weighted by Gasteiger charge is -2.08. The van der Waals surface area contributed by atoms with E-state index in [1.165, 1.54) is 6.20 Å². The molecule has 6 heteroatoms. The van der Waals surface area contributed by atoms with Crippen LogP contribution in [0.1, 0.15) is 0 Å². The maximum absolute atomic E-state index is 11.7. The molecule has 0 aliphatic rings. The zero-order valence-corrected chi connectivity index (χ0v) is 11.6. The molecule has 1 heterocycles. The van der Waals surface area contributed by atoms with Crippen molar-refractivity contribution in [2.24, 2.45) is 0 Å². The first-order chi connectivity index (χ1) is 9.67. The highest BCUT2D eigenvalue weighted by atomic mass is 35.5. The van der Waals surface area contributed by atoms with Gasteiger partial charge in [-0.25, -0.2) is 4.98 Å². The number of aromatic nitrogens is 1. The fourth-order valence-electron chi connectivity index (χ4n) is 1.49. The Labute approximate surface area is 121 Å². The Balaban J connectivity index is 1.87. The number of nitrogens with zero attached hydrogens (tertiary/aromatic N) is 1. The molecule has 1 aromatic carbocycles. The number of methoxy groups -OCH3 is 1. The summed E-state index contributed by atoms with van der Waals surface area (Å²) in [6.07, 6.45) is 1.46. The maximum atomic E-state index is 11.7. The van der Waals surface area contributed by atoms with Crippen LogP contribution in [0.3, 0.4) is 0 Å². The van der Waals surface area contributed by atoms with Crippen molar-refractivity contribution >= 4 is 23.2 Å².